The smallest absolute Gasteiger partial charge is 0.243 e. The molecule has 27 heavy (non-hydrogen) atoms. The molecule has 0 aromatic heterocycles. The number of nitrogens with two attached hydrogens (primary N) is 1. The lowest BCUT2D eigenvalue weighted by Crippen LogP contribution is -2.33. The largest absolute Gasteiger partial charge is 0.399 e. The van der Waals surface area contributed by atoms with Crippen molar-refractivity contribution in [3.8, 4) is 0 Å². The second-order valence-corrected chi connectivity index (χ2v) is 8.56. The number of hydrogen-bond acceptors (Lipinski definition) is 4. The Bertz CT molecular complexity index is 897. The molecule has 3 N–H and O–H groups in total. The Balaban J connectivity index is 0.00000364. The van der Waals surface area contributed by atoms with Gasteiger partial charge in [-0.1, -0.05) is 18.2 Å². The van der Waals surface area contributed by atoms with E-state index < -0.39 is 10.0 Å². The molecule has 0 unspecified atom stereocenters. The van der Waals surface area contributed by atoms with Gasteiger partial charge in [-0.2, -0.15) is 4.31 Å². The number of rotatable bonds is 6. The van der Waals surface area contributed by atoms with Gasteiger partial charge in [-0.25, -0.2) is 8.42 Å². The van der Waals surface area contributed by atoms with E-state index in [2.05, 4.69) is 5.32 Å². The molecule has 2 rings (SSSR count). The number of carbonyl (C=O) groups is 1. The van der Waals surface area contributed by atoms with Crippen molar-refractivity contribution >= 4 is 39.7 Å². The van der Waals surface area contributed by atoms with Crippen LogP contribution in [0.5, 0.6) is 0 Å². The number of aryl methyl sites for hydroxylation is 1. The third-order valence-electron chi connectivity index (χ3n) is 4.23. The highest BCUT2D eigenvalue weighted by Gasteiger charge is 2.23. The number of sulfonamides is 1. The number of nitrogen functional groups attached to an aromatic ring is 1. The zero-order valence-corrected chi connectivity index (χ0v) is 17.5. The van der Waals surface area contributed by atoms with Crippen LogP contribution in [-0.2, 0) is 21.2 Å². The summed E-state index contributed by atoms with van der Waals surface area (Å²) < 4.78 is 26.6. The summed E-state index contributed by atoms with van der Waals surface area (Å²) in [5, 5.41) is 2.80. The van der Waals surface area contributed by atoms with Gasteiger partial charge >= 0.3 is 0 Å². The minimum absolute atomic E-state index is 0. The van der Waals surface area contributed by atoms with Gasteiger partial charge in [0.15, 0.2) is 0 Å². The molecule has 1 amide bonds. The number of anilines is 2. The van der Waals surface area contributed by atoms with Crippen LogP contribution in [0.2, 0.25) is 0 Å². The van der Waals surface area contributed by atoms with Crippen molar-refractivity contribution in [2.75, 3.05) is 18.1 Å². The SMILES string of the molecule is Cc1ccc(S(=O)(=O)N(C)C(C)C)cc1NC(=O)Cc1ccc(N)cc1.Cl. The lowest BCUT2D eigenvalue weighted by Gasteiger charge is -2.21. The summed E-state index contributed by atoms with van der Waals surface area (Å²) >= 11 is 0. The Morgan fingerprint density at radius 3 is 2.30 bits per heavy atom. The summed E-state index contributed by atoms with van der Waals surface area (Å²) in [6.07, 6.45) is 0.183. The quantitative estimate of drug-likeness (QED) is 0.714. The number of halogens is 1. The molecule has 2 aromatic carbocycles. The maximum Gasteiger partial charge on any atom is 0.243 e. The van der Waals surface area contributed by atoms with Crippen molar-refractivity contribution in [1.82, 2.24) is 4.31 Å². The van der Waals surface area contributed by atoms with Gasteiger partial charge in [-0.3, -0.25) is 4.79 Å². The Morgan fingerprint density at radius 2 is 1.74 bits per heavy atom. The van der Waals surface area contributed by atoms with Gasteiger partial charge in [-0.15, -0.1) is 12.4 Å². The van der Waals surface area contributed by atoms with Crippen LogP contribution in [-0.4, -0.2) is 31.7 Å². The summed E-state index contributed by atoms with van der Waals surface area (Å²) in [7, 11) is -2.07. The van der Waals surface area contributed by atoms with E-state index in [9.17, 15) is 13.2 Å². The Kier molecular flexibility index (Phi) is 7.83. The van der Waals surface area contributed by atoms with Gasteiger partial charge in [0.25, 0.3) is 0 Å². The number of hydrogen-bond donors (Lipinski definition) is 2. The van der Waals surface area contributed by atoms with Crippen molar-refractivity contribution in [1.29, 1.82) is 0 Å². The molecular weight excluding hydrogens is 386 g/mol. The first-order valence-electron chi connectivity index (χ1n) is 8.34. The van der Waals surface area contributed by atoms with E-state index in [0.717, 1.165) is 11.1 Å². The molecule has 0 fully saturated rings. The van der Waals surface area contributed by atoms with Crippen LogP contribution in [0.3, 0.4) is 0 Å². The number of nitrogens with one attached hydrogen (secondary N) is 1. The average Bonchev–Trinajstić information content (AvgIpc) is 2.57. The summed E-state index contributed by atoms with van der Waals surface area (Å²) in [5.41, 5.74) is 8.39. The lowest BCUT2D eigenvalue weighted by atomic mass is 10.1. The summed E-state index contributed by atoms with van der Waals surface area (Å²) in [4.78, 5) is 12.5. The van der Waals surface area contributed by atoms with Crippen LogP contribution in [0.25, 0.3) is 0 Å². The molecule has 2 aromatic rings. The van der Waals surface area contributed by atoms with Gasteiger partial charge in [-0.05, 0) is 56.2 Å². The number of amides is 1. The highest BCUT2D eigenvalue weighted by Crippen LogP contribution is 2.23. The topological polar surface area (TPSA) is 92.5 Å². The van der Waals surface area contributed by atoms with Crippen molar-refractivity contribution in [2.24, 2.45) is 0 Å². The van der Waals surface area contributed by atoms with Crippen LogP contribution in [0, 0.1) is 6.92 Å². The second-order valence-electron chi connectivity index (χ2n) is 6.56. The van der Waals surface area contributed by atoms with E-state index >= 15 is 0 Å². The molecule has 0 aliphatic carbocycles. The monoisotopic (exact) mass is 411 g/mol. The average molecular weight is 412 g/mol. The van der Waals surface area contributed by atoms with E-state index in [0.29, 0.717) is 11.4 Å². The van der Waals surface area contributed by atoms with Gasteiger partial charge in [0, 0.05) is 24.5 Å². The van der Waals surface area contributed by atoms with E-state index in [1.807, 2.05) is 6.92 Å². The van der Waals surface area contributed by atoms with Crippen molar-refractivity contribution in [3.05, 3.63) is 53.6 Å². The first kappa shape index (κ1) is 23.0. The molecule has 0 saturated heterocycles. The Morgan fingerprint density at radius 1 is 1.15 bits per heavy atom. The molecule has 0 heterocycles. The molecular formula is C19H26ClN3O3S. The molecule has 0 bridgehead atoms. The van der Waals surface area contributed by atoms with Gasteiger partial charge < -0.3 is 11.1 Å². The van der Waals surface area contributed by atoms with Crippen LogP contribution in [0.1, 0.15) is 25.0 Å². The molecule has 0 atom stereocenters. The van der Waals surface area contributed by atoms with Crippen molar-refractivity contribution in [3.63, 3.8) is 0 Å². The van der Waals surface area contributed by atoms with Crippen LogP contribution >= 0.6 is 12.4 Å². The zero-order chi connectivity index (χ0) is 19.5. The molecule has 0 aliphatic rings. The molecule has 8 heteroatoms. The van der Waals surface area contributed by atoms with Gasteiger partial charge in [0.1, 0.15) is 0 Å². The van der Waals surface area contributed by atoms with E-state index in [1.165, 1.54) is 10.4 Å². The van der Waals surface area contributed by atoms with Crippen LogP contribution < -0.4 is 11.1 Å². The van der Waals surface area contributed by atoms with Crippen molar-refractivity contribution < 1.29 is 13.2 Å². The zero-order valence-electron chi connectivity index (χ0n) is 15.9. The Labute approximate surface area is 167 Å². The number of carbonyl (C=O) groups excluding carboxylic acids is 1. The first-order chi connectivity index (χ1) is 12.1. The fraction of sp³-hybridized carbons (Fsp3) is 0.316. The summed E-state index contributed by atoms with van der Waals surface area (Å²) in [5.74, 6) is -0.218. The molecule has 0 radical (unpaired) electrons. The fourth-order valence-electron chi connectivity index (χ4n) is 2.36. The molecule has 0 saturated carbocycles. The third-order valence-corrected chi connectivity index (χ3v) is 6.26. The van der Waals surface area contributed by atoms with Gasteiger partial charge in [0.05, 0.1) is 11.3 Å². The fourth-order valence-corrected chi connectivity index (χ4v) is 3.75. The van der Waals surface area contributed by atoms with Crippen LogP contribution in [0.15, 0.2) is 47.4 Å². The normalized spacial score (nSPS) is 11.3. The highest BCUT2D eigenvalue weighted by molar-refractivity contribution is 7.89. The minimum Gasteiger partial charge on any atom is -0.399 e. The number of nitrogens with zero attached hydrogens (tertiary/aromatic N) is 1. The molecule has 0 spiro atoms. The maximum atomic E-state index is 12.6. The Hall–Kier alpha value is -2.09. The first-order valence-corrected chi connectivity index (χ1v) is 9.78. The molecule has 6 nitrogen and oxygen atoms in total. The van der Waals surface area contributed by atoms with Crippen molar-refractivity contribution in [2.45, 2.75) is 38.1 Å². The predicted molar refractivity (Wildman–Crippen MR) is 112 cm³/mol. The standard InChI is InChI=1S/C19H25N3O3S.ClH/c1-13(2)22(4)26(24,25)17-10-5-14(3)18(12-17)21-19(23)11-15-6-8-16(20)9-7-15;/h5-10,12-13H,11,20H2,1-4H3,(H,21,23);1H. The highest BCUT2D eigenvalue weighted by atomic mass is 35.5. The molecule has 0 aliphatic heterocycles. The lowest BCUT2D eigenvalue weighted by molar-refractivity contribution is -0.115. The molecule has 148 valence electrons. The summed E-state index contributed by atoms with van der Waals surface area (Å²) in [6.45, 7) is 5.43. The summed E-state index contributed by atoms with van der Waals surface area (Å²) in [6, 6.07) is 11.7. The van der Waals surface area contributed by atoms with E-state index in [-0.39, 0.29) is 35.7 Å². The van der Waals surface area contributed by atoms with Gasteiger partial charge in [0.2, 0.25) is 15.9 Å². The van der Waals surface area contributed by atoms with Crippen LogP contribution in [0.4, 0.5) is 11.4 Å². The maximum absolute atomic E-state index is 12.6. The number of benzene rings is 2. The predicted octanol–water partition coefficient (Wildman–Crippen LogP) is 3.21. The van der Waals surface area contributed by atoms with E-state index in [4.69, 9.17) is 5.73 Å². The second kappa shape index (κ2) is 9.21. The minimum atomic E-state index is -3.61. The third kappa shape index (κ3) is 5.69. The van der Waals surface area contributed by atoms with E-state index in [1.54, 1.807) is 57.3 Å².